The Labute approximate surface area is 109 Å². The van der Waals surface area contributed by atoms with E-state index >= 15 is 0 Å². The van der Waals surface area contributed by atoms with Gasteiger partial charge in [0.25, 0.3) is 0 Å². The highest BCUT2D eigenvalue weighted by atomic mass is 16.1. The molecule has 0 bridgehead atoms. The molecule has 0 N–H and O–H groups in total. The van der Waals surface area contributed by atoms with Crippen molar-refractivity contribution in [1.29, 1.82) is 0 Å². The van der Waals surface area contributed by atoms with Crippen molar-refractivity contribution in [2.45, 2.75) is 39.3 Å². The van der Waals surface area contributed by atoms with Crippen molar-refractivity contribution in [3.8, 4) is 0 Å². The van der Waals surface area contributed by atoms with Crippen LogP contribution in [0.3, 0.4) is 0 Å². The van der Waals surface area contributed by atoms with E-state index in [0.29, 0.717) is 0 Å². The molecule has 0 spiro atoms. The number of benzene rings is 1. The highest BCUT2D eigenvalue weighted by Gasteiger charge is 2.24. The average molecular weight is 243 g/mol. The number of nitrogens with zero attached hydrogens (tertiary/aromatic N) is 1. The van der Waals surface area contributed by atoms with Crippen LogP contribution in [0.15, 0.2) is 35.9 Å². The lowest BCUT2D eigenvalue weighted by Gasteiger charge is -2.33. The maximum Gasteiger partial charge on any atom is 0.137 e. The third kappa shape index (κ3) is 3.08. The summed E-state index contributed by atoms with van der Waals surface area (Å²) in [5, 5.41) is 0. The van der Waals surface area contributed by atoms with Crippen LogP contribution in [0.5, 0.6) is 0 Å². The summed E-state index contributed by atoms with van der Waals surface area (Å²) in [6.07, 6.45) is 5.21. The molecule has 0 fully saturated rings. The first kappa shape index (κ1) is 13.0. The summed E-state index contributed by atoms with van der Waals surface area (Å²) in [4.78, 5) is 13.5. The third-order valence-electron chi connectivity index (χ3n) is 3.52. The topological polar surface area (TPSA) is 20.3 Å². The van der Waals surface area contributed by atoms with Crippen LogP contribution in [0.1, 0.15) is 31.4 Å². The van der Waals surface area contributed by atoms with E-state index in [4.69, 9.17) is 0 Å². The first-order valence-corrected chi connectivity index (χ1v) is 6.60. The number of aldehydes is 1. The molecule has 2 heteroatoms. The van der Waals surface area contributed by atoms with Crippen LogP contribution < -0.4 is 0 Å². The Morgan fingerprint density at radius 2 is 2.06 bits per heavy atom. The van der Waals surface area contributed by atoms with E-state index in [1.165, 1.54) is 16.7 Å². The molecule has 1 aliphatic rings. The molecular formula is C16H21NO. The molecule has 0 aromatic heterocycles. The average Bonchev–Trinajstić information content (AvgIpc) is 2.37. The van der Waals surface area contributed by atoms with E-state index in [1.54, 1.807) is 0 Å². The number of hydrogen-bond acceptors (Lipinski definition) is 2. The first-order valence-electron chi connectivity index (χ1n) is 6.60. The fraction of sp³-hybridized carbons (Fsp3) is 0.438. The molecule has 0 saturated carbocycles. The number of allylic oxidation sites excluding steroid dienone is 1. The van der Waals surface area contributed by atoms with Crippen LogP contribution in [0.4, 0.5) is 0 Å². The molecule has 0 amide bonds. The third-order valence-corrected chi connectivity index (χ3v) is 3.52. The van der Waals surface area contributed by atoms with E-state index in [2.05, 4.69) is 49.1 Å². The summed E-state index contributed by atoms with van der Waals surface area (Å²) in [6.45, 7) is 6.09. The van der Waals surface area contributed by atoms with Gasteiger partial charge in [-0.3, -0.25) is 4.90 Å². The maximum absolute atomic E-state index is 11.2. The van der Waals surface area contributed by atoms with Gasteiger partial charge in [0.1, 0.15) is 6.29 Å². The number of hydrogen-bond donors (Lipinski definition) is 0. The predicted octanol–water partition coefficient (Wildman–Crippen LogP) is 2.97. The van der Waals surface area contributed by atoms with Crippen LogP contribution in [0.25, 0.3) is 0 Å². The second kappa shape index (κ2) is 5.96. The Kier molecular flexibility index (Phi) is 4.32. The van der Waals surface area contributed by atoms with Gasteiger partial charge in [0, 0.05) is 13.1 Å². The molecule has 96 valence electrons. The van der Waals surface area contributed by atoms with Gasteiger partial charge in [-0.2, -0.15) is 0 Å². The van der Waals surface area contributed by atoms with E-state index in [9.17, 15) is 4.79 Å². The van der Waals surface area contributed by atoms with Crippen molar-refractivity contribution in [1.82, 2.24) is 4.90 Å². The summed E-state index contributed by atoms with van der Waals surface area (Å²) in [5.41, 5.74) is 4.04. The molecule has 2 nitrogen and oxygen atoms in total. The number of carbonyl (C=O) groups excluding carboxylic acids is 1. The summed E-state index contributed by atoms with van der Waals surface area (Å²) in [7, 11) is 0. The molecule has 1 aromatic carbocycles. The van der Waals surface area contributed by atoms with Gasteiger partial charge in [-0.05, 0) is 37.8 Å². The molecular weight excluding hydrogens is 222 g/mol. The Morgan fingerprint density at radius 3 is 2.72 bits per heavy atom. The molecule has 0 aliphatic carbocycles. The van der Waals surface area contributed by atoms with Crippen molar-refractivity contribution in [3.63, 3.8) is 0 Å². The van der Waals surface area contributed by atoms with E-state index in [1.807, 2.05) is 0 Å². The first-order chi connectivity index (χ1) is 8.70. The van der Waals surface area contributed by atoms with Gasteiger partial charge >= 0.3 is 0 Å². The number of fused-ring (bicyclic) bond motifs is 1. The van der Waals surface area contributed by atoms with Gasteiger partial charge in [-0.1, -0.05) is 35.9 Å². The standard InChI is InChI=1S/C16H21NO/c1-13(2)6-5-9-17-11-15-8-4-3-7-14(15)10-16(17)12-18/h3-4,6-8,12,16H,5,9-11H2,1-2H3/t16-/m0/s1. The molecule has 18 heavy (non-hydrogen) atoms. The second-order valence-electron chi connectivity index (χ2n) is 5.22. The van der Waals surface area contributed by atoms with Gasteiger partial charge in [-0.25, -0.2) is 0 Å². The summed E-state index contributed by atoms with van der Waals surface area (Å²) < 4.78 is 0. The fourth-order valence-corrected chi connectivity index (χ4v) is 2.50. The van der Waals surface area contributed by atoms with Gasteiger partial charge in [0.2, 0.25) is 0 Å². The van der Waals surface area contributed by atoms with Crippen molar-refractivity contribution in [3.05, 3.63) is 47.0 Å². The Bertz CT molecular complexity index is 446. The van der Waals surface area contributed by atoms with Gasteiger partial charge < -0.3 is 4.79 Å². The SMILES string of the molecule is CC(C)=CCCN1Cc2ccccc2C[C@H]1C=O. The minimum absolute atomic E-state index is 0.0467. The quantitative estimate of drug-likeness (QED) is 0.598. The molecule has 1 aliphatic heterocycles. The van der Waals surface area contributed by atoms with Gasteiger partial charge in [0.15, 0.2) is 0 Å². The highest BCUT2D eigenvalue weighted by molar-refractivity contribution is 5.59. The number of rotatable bonds is 4. The predicted molar refractivity (Wildman–Crippen MR) is 74.5 cm³/mol. The zero-order valence-corrected chi connectivity index (χ0v) is 11.2. The van der Waals surface area contributed by atoms with E-state index in [-0.39, 0.29) is 6.04 Å². The van der Waals surface area contributed by atoms with E-state index < -0.39 is 0 Å². The zero-order chi connectivity index (χ0) is 13.0. The summed E-state index contributed by atoms with van der Waals surface area (Å²) in [6, 6.07) is 8.49. The van der Waals surface area contributed by atoms with Crippen molar-refractivity contribution < 1.29 is 4.79 Å². The second-order valence-corrected chi connectivity index (χ2v) is 5.22. The summed E-state index contributed by atoms with van der Waals surface area (Å²) in [5.74, 6) is 0. The Morgan fingerprint density at radius 1 is 1.33 bits per heavy atom. The Hall–Kier alpha value is -1.41. The minimum atomic E-state index is 0.0467. The summed E-state index contributed by atoms with van der Waals surface area (Å²) >= 11 is 0. The molecule has 0 unspecified atom stereocenters. The molecule has 1 atom stereocenters. The van der Waals surface area contributed by atoms with Gasteiger partial charge in [0.05, 0.1) is 6.04 Å². The number of carbonyl (C=O) groups is 1. The monoisotopic (exact) mass is 243 g/mol. The van der Waals surface area contributed by atoms with Crippen molar-refractivity contribution in [2.24, 2.45) is 0 Å². The van der Waals surface area contributed by atoms with Crippen LogP contribution in [-0.2, 0) is 17.8 Å². The zero-order valence-electron chi connectivity index (χ0n) is 11.2. The van der Waals surface area contributed by atoms with Crippen molar-refractivity contribution >= 4 is 6.29 Å². The molecule has 0 radical (unpaired) electrons. The minimum Gasteiger partial charge on any atom is -0.302 e. The lowest BCUT2D eigenvalue weighted by Crippen LogP contribution is -2.41. The smallest absolute Gasteiger partial charge is 0.137 e. The molecule has 0 saturated heterocycles. The van der Waals surface area contributed by atoms with E-state index in [0.717, 1.165) is 32.2 Å². The molecule has 2 rings (SSSR count). The maximum atomic E-state index is 11.2. The van der Waals surface area contributed by atoms with Crippen LogP contribution in [-0.4, -0.2) is 23.8 Å². The normalized spacial score (nSPS) is 19.1. The Balaban J connectivity index is 2.07. The van der Waals surface area contributed by atoms with Crippen molar-refractivity contribution in [2.75, 3.05) is 6.54 Å². The lowest BCUT2D eigenvalue weighted by atomic mass is 9.94. The highest BCUT2D eigenvalue weighted by Crippen LogP contribution is 2.22. The van der Waals surface area contributed by atoms with Crippen LogP contribution >= 0.6 is 0 Å². The van der Waals surface area contributed by atoms with Gasteiger partial charge in [-0.15, -0.1) is 0 Å². The lowest BCUT2D eigenvalue weighted by molar-refractivity contribution is -0.112. The largest absolute Gasteiger partial charge is 0.302 e. The van der Waals surface area contributed by atoms with Crippen LogP contribution in [0, 0.1) is 0 Å². The molecule has 1 heterocycles. The fourth-order valence-electron chi connectivity index (χ4n) is 2.50. The van der Waals surface area contributed by atoms with Crippen LogP contribution in [0.2, 0.25) is 0 Å². The molecule has 1 aromatic rings.